The molecule has 100 valence electrons. The molecule has 0 heterocycles. The Morgan fingerprint density at radius 1 is 1.00 bits per heavy atom. The van der Waals surface area contributed by atoms with E-state index >= 15 is 0 Å². The van der Waals surface area contributed by atoms with Crippen molar-refractivity contribution < 1.29 is 9.47 Å². The van der Waals surface area contributed by atoms with E-state index in [1.165, 1.54) is 5.56 Å². The summed E-state index contributed by atoms with van der Waals surface area (Å²) in [6.07, 6.45) is 0. The van der Waals surface area contributed by atoms with Crippen LogP contribution in [-0.4, -0.2) is 20.3 Å². The Bertz CT molecular complexity index is 526. The molecule has 0 aliphatic heterocycles. The first kappa shape index (κ1) is 13.3. The fourth-order valence-electron chi connectivity index (χ4n) is 1.85. The maximum absolute atomic E-state index is 5.69. The molecule has 0 unspecified atom stereocenters. The first-order valence-corrected chi connectivity index (χ1v) is 6.36. The van der Waals surface area contributed by atoms with Gasteiger partial charge in [0.1, 0.15) is 6.61 Å². The van der Waals surface area contributed by atoms with Crippen LogP contribution < -0.4 is 14.8 Å². The quantitative estimate of drug-likeness (QED) is 0.803. The Hall–Kier alpha value is -2.16. The molecule has 0 aliphatic carbocycles. The second-order valence-electron chi connectivity index (χ2n) is 4.30. The summed E-state index contributed by atoms with van der Waals surface area (Å²) >= 11 is 0. The average molecular weight is 257 g/mol. The zero-order chi connectivity index (χ0) is 13.5. The highest BCUT2D eigenvalue weighted by Crippen LogP contribution is 2.25. The van der Waals surface area contributed by atoms with E-state index in [-0.39, 0.29) is 0 Å². The number of anilines is 1. The van der Waals surface area contributed by atoms with E-state index < -0.39 is 0 Å². The van der Waals surface area contributed by atoms with Gasteiger partial charge in [0.25, 0.3) is 0 Å². The van der Waals surface area contributed by atoms with Gasteiger partial charge in [0.05, 0.1) is 7.11 Å². The van der Waals surface area contributed by atoms with Gasteiger partial charge < -0.3 is 14.8 Å². The van der Waals surface area contributed by atoms with Crippen molar-refractivity contribution >= 4 is 5.69 Å². The van der Waals surface area contributed by atoms with Gasteiger partial charge in [0, 0.05) is 12.2 Å². The largest absolute Gasteiger partial charge is 0.493 e. The summed E-state index contributed by atoms with van der Waals surface area (Å²) in [4.78, 5) is 0. The summed E-state index contributed by atoms with van der Waals surface area (Å²) in [7, 11) is 1.65. The summed E-state index contributed by atoms with van der Waals surface area (Å²) in [5, 5.41) is 3.33. The molecule has 3 heteroatoms. The number of aryl methyl sites for hydroxylation is 1. The van der Waals surface area contributed by atoms with Crippen molar-refractivity contribution in [1.82, 2.24) is 0 Å². The van der Waals surface area contributed by atoms with Gasteiger partial charge in [-0.3, -0.25) is 0 Å². The molecule has 19 heavy (non-hydrogen) atoms. The van der Waals surface area contributed by atoms with Crippen molar-refractivity contribution in [3.8, 4) is 11.5 Å². The molecule has 0 fully saturated rings. The van der Waals surface area contributed by atoms with Crippen molar-refractivity contribution in [3.05, 3.63) is 54.1 Å². The molecule has 0 saturated carbocycles. The minimum Gasteiger partial charge on any atom is -0.493 e. The number of nitrogens with one attached hydrogen (secondary N) is 1. The second-order valence-corrected chi connectivity index (χ2v) is 4.30. The van der Waals surface area contributed by atoms with Gasteiger partial charge in [-0.25, -0.2) is 0 Å². The van der Waals surface area contributed by atoms with Crippen molar-refractivity contribution in [2.75, 3.05) is 25.6 Å². The molecule has 2 aromatic carbocycles. The zero-order valence-electron chi connectivity index (χ0n) is 11.3. The van der Waals surface area contributed by atoms with Crippen LogP contribution in [0.4, 0.5) is 5.69 Å². The summed E-state index contributed by atoms with van der Waals surface area (Å²) < 4.78 is 10.9. The summed E-state index contributed by atoms with van der Waals surface area (Å²) in [6, 6.07) is 16.0. The lowest BCUT2D eigenvalue weighted by Crippen LogP contribution is -2.11. The standard InChI is InChI=1S/C16H19NO2/c1-13-6-5-7-14(12-13)17-10-11-19-16-9-4-3-8-15(16)18-2/h3-9,12,17H,10-11H2,1-2H3. The first-order valence-electron chi connectivity index (χ1n) is 6.36. The Kier molecular flexibility index (Phi) is 4.67. The lowest BCUT2D eigenvalue weighted by atomic mass is 10.2. The maximum Gasteiger partial charge on any atom is 0.161 e. The molecule has 0 radical (unpaired) electrons. The van der Waals surface area contributed by atoms with Crippen LogP contribution in [0.25, 0.3) is 0 Å². The van der Waals surface area contributed by atoms with Crippen molar-refractivity contribution in [2.24, 2.45) is 0 Å². The lowest BCUT2D eigenvalue weighted by molar-refractivity contribution is 0.306. The van der Waals surface area contributed by atoms with Crippen LogP contribution in [-0.2, 0) is 0 Å². The summed E-state index contributed by atoms with van der Waals surface area (Å²) in [6.45, 7) is 3.42. The van der Waals surface area contributed by atoms with E-state index in [0.717, 1.165) is 23.7 Å². The van der Waals surface area contributed by atoms with Crippen LogP contribution in [0, 0.1) is 6.92 Å². The Labute approximate surface area is 114 Å². The minimum absolute atomic E-state index is 0.592. The topological polar surface area (TPSA) is 30.5 Å². The molecule has 0 bridgehead atoms. The number of ether oxygens (including phenoxy) is 2. The third kappa shape index (κ3) is 3.91. The van der Waals surface area contributed by atoms with Crippen molar-refractivity contribution in [3.63, 3.8) is 0 Å². The van der Waals surface area contributed by atoms with E-state index in [2.05, 4.69) is 30.4 Å². The van der Waals surface area contributed by atoms with Crippen molar-refractivity contribution in [2.45, 2.75) is 6.92 Å². The first-order chi connectivity index (χ1) is 9.29. The molecule has 0 amide bonds. The third-order valence-electron chi connectivity index (χ3n) is 2.78. The van der Waals surface area contributed by atoms with Crippen LogP contribution in [0.5, 0.6) is 11.5 Å². The lowest BCUT2D eigenvalue weighted by Gasteiger charge is -2.11. The molecule has 0 atom stereocenters. The summed E-state index contributed by atoms with van der Waals surface area (Å²) in [5.41, 5.74) is 2.36. The summed E-state index contributed by atoms with van der Waals surface area (Å²) in [5.74, 6) is 1.54. The van der Waals surface area contributed by atoms with Crippen LogP contribution in [0.2, 0.25) is 0 Å². The molecule has 0 aromatic heterocycles. The molecule has 0 spiro atoms. The molecular weight excluding hydrogens is 238 g/mol. The number of hydrogen-bond acceptors (Lipinski definition) is 3. The fraction of sp³-hybridized carbons (Fsp3) is 0.250. The fourth-order valence-corrected chi connectivity index (χ4v) is 1.85. The number of rotatable bonds is 6. The Balaban J connectivity index is 1.81. The van der Waals surface area contributed by atoms with Crippen molar-refractivity contribution in [1.29, 1.82) is 0 Å². The number of benzene rings is 2. The number of para-hydroxylation sites is 2. The predicted octanol–water partition coefficient (Wildman–Crippen LogP) is 3.49. The minimum atomic E-state index is 0.592. The molecule has 3 nitrogen and oxygen atoms in total. The van der Waals surface area contributed by atoms with Gasteiger partial charge in [0.2, 0.25) is 0 Å². The Morgan fingerprint density at radius 3 is 2.53 bits per heavy atom. The average Bonchev–Trinajstić information content (AvgIpc) is 2.44. The highest BCUT2D eigenvalue weighted by atomic mass is 16.5. The molecule has 1 N–H and O–H groups in total. The third-order valence-corrected chi connectivity index (χ3v) is 2.78. The van der Waals surface area contributed by atoms with Crippen LogP contribution >= 0.6 is 0 Å². The van der Waals surface area contributed by atoms with E-state index in [0.29, 0.717) is 6.61 Å². The zero-order valence-corrected chi connectivity index (χ0v) is 11.3. The van der Waals surface area contributed by atoms with Crippen LogP contribution in [0.1, 0.15) is 5.56 Å². The number of methoxy groups -OCH3 is 1. The SMILES string of the molecule is COc1ccccc1OCCNc1cccc(C)c1. The van der Waals surface area contributed by atoms with E-state index in [4.69, 9.17) is 9.47 Å². The van der Waals surface area contributed by atoms with Gasteiger partial charge in [-0.15, -0.1) is 0 Å². The normalized spacial score (nSPS) is 10.0. The molecule has 0 aliphatic rings. The van der Waals surface area contributed by atoms with Gasteiger partial charge in [-0.2, -0.15) is 0 Å². The molecule has 2 rings (SSSR count). The van der Waals surface area contributed by atoms with Gasteiger partial charge in [-0.1, -0.05) is 24.3 Å². The predicted molar refractivity (Wildman–Crippen MR) is 78.2 cm³/mol. The second kappa shape index (κ2) is 6.69. The van der Waals surface area contributed by atoms with Gasteiger partial charge in [-0.05, 0) is 36.8 Å². The molecule has 2 aromatic rings. The number of hydrogen-bond donors (Lipinski definition) is 1. The highest BCUT2D eigenvalue weighted by molar-refractivity contribution is 5.45. The van der Waals surface area contributed by atoms with Gasteiger partial charge >= 0.3 is 0 Å². The maximum atomic E-state index is 5.69. The molecule has 0 saturated heterocycles. The van der Waals surface area contributed by atoms with Gasteiger partial charge in [0.15, 0.2) is 11.5 Å². The highest BCUT2D eigenvalue weighted by Gasteiger charge is 2.01. The van der Waals surface area contributed by atoms with E-state index in [9.17, 15) is 0 Å². The van der Waals surface area contributed by atoms with Crippen LogP contribution in [0.15, 0.2) is 48.5 Å². The monoisotopic (exact) mass is 257 g/mol. The van der Waals surface area contributed by atoms with E-state index in [1.807, 2.05) is 30.3 Å². The smallest absolute Gasteiger partial charge is 0.161 e. The van der Waals surface area contributed by atoms with Crippen LogP contribution in [0.3, 0.4) is 0 Å². The Morgan fingerprint density at radius 2 is 1.79 bits per heavy atom. The van der Waals surface area contributed by atoms with E-state index in [1.54, 1.807) is 7.11 Å². The molecular formula is C16H19NO2.